The molecular formula is C20H18O6. The first kappa shape index (κ1) is 18.9. The van der Waals surface area contributed by atoms with Crippen molar-refractivity contribution in [1.29, 1.82) is 0 Å². The molecular weight excluding hydrogens is 336 g/mol. The van der Waals surface area contributed by atoms with Gasteiger partial charge in [0, 0.05) is 0 Å². The second-order valence-corrected chi connectivity index (χ2v) is 5.77. The highest BCUT2D eigenvalue weighted by Crippen LogP contribution is 2.22. The molecule has 3 N–H and O–H groups in total. The minimum Gasteiger partial charge on any atom is -0.481 e. The minimum atomic E-state index is -1.14. The smallest absolute Gasteiger partial charge is 0.307 e. The van der Waals surface area contributed by atoms with E-state index < -0.39 is 24.3 Å². The van der Waals surface area contributed by atoms with Gasteiger partial charge in [0.15, 0.2) is 0 Å². The Bertz CT molecular complexity index is 815. The molecule has 2 aromatic rings. The van der Waals surface area contributed by atoms with E-state index in [9.17, 15) is 14.4 Å². The Morgan fingerprint density at radius 3 is 1.62 bits per heavy atom. The van der Waals surface area contributed by atoms with Crippen molar-refractivity contribution in [2.24, 2.45) is 0 Å². The van der Waals surface area contributed by atoms with Crippen LogP contribution in [-0.4, -0.2) is 33.2 Å². The Labute approximate surface area is 150 Å². The van der Waals surface area contributed by atoms with Crippen molar-refractivity contribution in [2.75, 3.05) is 0 Å². The highest BCUT2D eigenvalue weighted by Gasteiger charge is 2.17. The number of aliphatic carboxylic acids is 3. The summed E-state index contributed by atoms with van der Waals surface area (Å²) in [6.07, 6.45) is 2.40. The predicted molar refractivity (Wildman–Crippen MR) is 95.8 cm³/mol. The molecule has 6 nitrogen and oxygen atoms in total. The van der Waals surface area contributed by atoms with E-state index in [0.29, 0.717) is 16.7 Å². The Hall–Kier alpha value is -3.41. The molecule has 2 rings (SSSR count). The third-order valence-corrected chi connectivity index (χ3v) is 3.74. The second-order valence-electron chi connectivity index (χ2n) is 5.77. The lowest BCUT2D eigenvalue weighted by Crippen LogP contribution is -2.13. The monoisotopic (exact) mass is 354 g/mol. The van der Waals surface area contributed by atoms with Crippen LogP contribution >= 0.6 is 0 Å². The normalized spacial score (nSPS) is 10.8. The molecule has 0 aliphatic rings. The molecule has 0 amide bonds. The van der Waals surface area contributed by atoms with Crippen LogP contribution in [0.3, 0.4) is 0 Å². The van der Waals surface area contributed by atoms with Gasteiger partial charge in [0.2, 0.25) is 0 Å². The van der Waals surface area contributed by atoms with Crippen molar-refractivity contribution >= 4 is 30.1 Å². The molecule has 0 heterocycles. The summed E-state index contributed by atoms with van der Waals surface area (Å²) < 4.78 is 0. The van der Waals surface area contributed by atoms with E-state index in [1.807, 2.05) is 36.4 Å². The van der Waals surface area contributed by atoms with Crippen LogP contribution in [0.25, 0.3) is 12.2 Å². The Morgan fingerprint density at radius 1 is 0.692 bits per heavy atom. The number of hydrogen-bond donors (Lipinski definition) is 3. The quantitative estimate of drug-likeness (QED) is 0.629. The largest absolute Gasteiger partial charge is 0.481 e. The summed E-state index contributed by atoms with van der Waals surface area (Å²) in [5.74, 6) is -3.36. The first-order valence-electron chi connectivity index (χ1n) is 7.88. The highest BCUT2D eigenvalue weighted by atomic mass is 16.4. The standard InChI is InChI=1S/C20H18O6/c21-18(22)10-15-8-14(7-6-13-4-2-1-3-5-13)9-16(11-19(23)24)17(15)12-20(25)26/h1-9H,10-12H2,(H,21,22)(H,23,24)(H,25,26). The van der Waals surface area contributed by atoms with Gasteiger partial charge in [-0.1, -0.05) is 54.6 Å². The molecule has 0 saturated carbocycles. The second kappa shape index (κ2) is 8.62. The molecule has 26 heavy (non-hydrogen) atoms. The third kappa shape index (κ3) is 5.59. The summed E-state index contributed by atoms with van der Waals surface area (Å²) >= 11 is 0. The van der Waals surface area contributed by atoms with Gasteiger partial charge in [-0.15, -0.1) is 0 Å². The van der Waals surface area contributed by atoms with Crippen molar-refractivity contribution in [3.8, 4) is 0 Å². The van der Waals surface area contributed by atoms with Crippen LogP contribution in [0.15, 0.2) is 42.5 Å². The molecule has 2 aromatic carbocycles. The Balaban J connectivity index is 2.51. The van der Waals surface area contributed by atoms with Gasteiger partial charge in [-0.3, -0.25) is 14.4 Å². The molecule has 0 unspecified atom stereocenters. The molecule has 0 aliphatic carbocycles. The SMILES string of the molecule is O=C(O)Cc1cc(C=Cc2ccccc2)cc(CC(=O)O)c1CC(=O)O. The molecule has 0 fully saturated rings. The van der Waals surface area contributed by atoms with E-state index in [2.05, 4.69) is 0 Å². The summed E-state index contributed by atoms with van der Waals surface area (Å²) in [6, 6.07) is 12.6. The van der Waals surface area contributed by atoms with Gasteiger partial charge in [0.1, 0.15) is 0 Å². The van der Waals surface area contributed by atoms with Crippen molar-refractivity contribution in [3.05, 3.63) is 70.3 Å². The summed E-state index contributed by atoms with van der Waals surface area (Å²) in [4.78, 5) is 33.4. The average Bonchev–Trinajstić information content (AvgIpc) is 2.55. The minimum absolute atomic E-state index is 0.249. The van der Waals surface area contributed by atoms with Crippen molar-refractivity contribution in [2.45, 2.75) is 19.3 Å². The van der Waals surface area contributed by atoms with Crippen LogP contribution in [0.5, 0.6) is 0 Å². The number of carboxylic acid groups (broad SMARTS) is 3. The topological polar surface area (TPSA) is 112 Å². The van der Waals surface area contributed by atoms with Crippen LogP contribution in [0.1, 0.15) is 27.8 Å². The van der Waals surface area contributed by atoms with Crippen molar-refractivity contribution in [1.82, 2.24) is 0 Å². The van der Waals surface area contributed by atoms with Gasteiger partial charge >= 0.3 is 17.9 Å². The first-order chi connectivity index (χ1) is 12.3. The summed E-state index contributed by atoms with van der Waals surface area (Å²) in [5.41, 5.74) is 2.43. The number of rotatable bonds is 8. The molecule has 0 spiro atoms. The fourth-order valence-electron chi connectivity index (χ4n) is 2.70. The van der Waals surface area contributed by atoms with Crippen molar-refractivity contribution < 1.29 is 29.7 Å². The predicted octanol–water partition coefficient (Wildman–Crippen LogP) is 2.74. The van der Waals surface area contributed by atoms with E-state index in [0.717, 1.165) is 5.56 Å². The van der Waals surface area contributed by atoms with Gasteiger partial charge in [-0.05, 0) is 27.8 Å². The summed E-state index contributed by atoms with van der Waals surface area (Å²) in [6.45, 7) is 0. The lowest BCUT2D eigenvalue weighted by atomic mass is 9.91. The maximum atomic E-state index is 11.1. The van der Waals surface area contributed by atoms with Gasteiger partial charge < -0.3 is 15.3 Å². The Kier molecular flexibility index (Phi) is 6.27. The molecule has 0 radical (unpaired) electrons. The zero-order valence-electron chi connectivity index (χ0n) is 13.9. The molecule has 6 heteroatoms. The van der Waals surface area contributed by atoms with E-state index >= 15 is 0 Å². The maximum absolute atomic E-state index is 11.1. The van der Waals surface area contributed by atoms with Gasteiger partial charge in [-0.2, -0.15) is 0 Å². The maximum Gasteiger partial charge on any atom is 0.307 e. The van der Waals surface area contributed by atoms with Crippen LogP contribution in [-0.2, 0) is 33.6 Å². The zero-order valence-corrected chi connectivity index (χ0v) is 13.9. The van der Waals surface area contributed by atoms with Gasteiger partial charge in [-0.25, -0.2) is 0 Å². The number of benzene rings is 2. The van der Waals surface area contributed by atoms with E-state index in [1.165, 1.54) is 0 Å². The summed E-state index contributed by atoms with van der Waals surface area (Å²) in [7, 11) is 0. The molecule has 0 saturated heterocycles. The van der Waals surface area contributed by atoms with Crippen LogP contribution in [0.2, 0.25) is 0 Å². The average molecular weight is 354 g/mol. The van der Waals surface area contributed by atoms with Crippen molar-refractivity contribution in [3.63, 3.8) is 0 Å². The van der Waals surface area contributed by atoms with Gasteiger partial charge in [0.25, 0.3) is 0 Å². The molecule has 0 atom stereocenters. The van der Waals surface area contributed by atoms with Crippen LogP contribution in [0, 0.1) is 0 Å². The van der Waals surface area contributed by atoms with E-state index in [1.54, 1.807) is 18.2 Å². The molecule has 0 aromatic heterocycles. The fourth-order valence-corrected chi connectivity index (χ4v) is 2.70. The number of carbonyl (C=O) groups is 3. The molecule has 0 aliphatic heterocycles. The number of carboxylic acids is 3. The fraction of sp³-hybridized carbons (Fsp3) is 0.150. The first-order valence-corrected chi connectivity index (χ1v) is 7.88. The summed E-state index contributed by atoms with van der Waals surface area (Å²) in [5, 5.41) is 27.3. The van der Waals surface area contributed by atoms with E-state index in [4.69, 9.17) is 15.3 Å². The van der Waals surface area contributed by atoms with Gasteiger partial charge in [0.05, 0.1) is 19.3 Å². The zero-order chi connectivity index (χ0) is 19.1. The third-order valence-electron chi connectivity index (χ3n) is 3.74. The lowest BCUT2D eigenvalue weighted by molar-refractivity contribution is -0.137. The van der Waals surface area contributed by atoms with Crippen LogP contribution in [0.4, 0.5) is 0 Å². The molecule has 134 valence electrons. The van der Waals surface area contributed by atoms with Crippen LogP contribution < -0.4 is 0 Å². The highest BCUT2D eigenvalue weighted by molar-refractivity contribution is 5.79. The van der Waals surface area contributed by atoms with E-state index in [-0.39, 0.29) is 18.4 Å². The molecule has 0 bridgehead atoms. The lowest BCUT2D eigenvalue weighted by Gasteiger charge is -2.13. The number of hydrogen-bond acceptors (Lipinski definition) is 3. The Morgan fingerprint density at radius 2 is 1.15 bits per heavy atom.